The highest BCUT2D eigenvalue weighted by atomic mass is 28.4. The fourth-order valence-electron chi connectivity index (χ4n) is 2.80. The summed E-state index contributed by atoms with van der Waals surface area (Å²) in [6.07, 6.45) is 0.0914. The van der Waals surface area contributed by atoms with Gasteiger partial charge in [-0.15, -0.1) is 0 Å². The van der Waals surface area contributed by atoms with Crippen molar-refractivity contribution in [2.75, 3.05) is 0 Å². The van der Waals surface area contributed by atoms with Gasteiger partial charge in [0.15, 0.2) is 20.4 Å². The Hall–Kier alpha value is 0.0169. The van der Waals surface area contributed by atoms with Crippen LogP contribution in [0.5, 0.6) is 0 Å². The number of nitrogens with two attached hydrogens (primary N) is 1. The summed E-state index contributed by atoms with van der Waals surface area (Å²) < 4.78 is 24.6. The van der Waals surface area contributed by atoms with Crippen molar-refractivity contribution >= 4 is 8.32 Å². The van der Waals surface area contributed by atoms with Gasteiger partial charge >= 0.3 is 0 Å². The van der Waals surface area contributed by atoms with Crippen LogP contribution in [-0.4, -0.2) is 44.7 Å². The summed E-state index contributed by atoms with van der Waals surface area (Å²) in [6, 6.07) is -0.330. The molecular formula is C16H33NO4Si. The molecule has 0 aromatic heterocycles. The summed E-state index contributed by atoms with van der Waals surface area (Å²) in [5, 5.41) is 0.112. The molecule has 2 N–H and O–H groups in total. The van der Waals surface area contributed by atoms with Crippen molar-refractivity contribution in [2.45, 2.75) is 103 Å². The average molecular weight is 332 g/mol. The molecule has 2 saturated heterocycles. The maximum absolute atomic E-state index is 6.42. The molecule has 2 aliphatic rings. The van der Waals surface area contributed by atoms with Gasteiger partial charge in [-0.25, -0.2) is 0 Å². The Morgan fingerprint density at radius 3 is 2.18 bits per heavy atom. The van der Waals surface area contributed by atoms with Crippen LogP contribution < -0.4 is 5.73 Å². The Kier molecular flexibility index (Phi) is 4.86. The number of hydrogen-bond donors (Lipinski definition) is 1. The van der Waals surface area contributed by atoms with Crippen LogP contribution in [0.15, 0.2) is 0 Å². The summed E-state index contributed by atoms with van der Waals surface area (Å²) in [5.74, 6) is -0.615. The van der Waals surface area contributed by atoms with Crippen LogP contribution in [0.1, 0.15) is 48.0 Å². The van der Waals surface area contributed by atoms with E-state index in [1.165, 1.54) is 0 Å². The van der Waals surface area contributed by atoms with Crippen molar-refractivity contribution in [3.05, 3.63) is 0 Å². The van der Waals surface area contributed by atoms with Crippen LogP contribution >= 0.6 is 0 Å². The molecule has 0 amide bonds. The maximum Gasteiger partial charge on any atom is 0.195 e. The van der Waals surface area contributed by atoms with Crippen LogP contribution in [0.3, 0.4) is 0 Å². The predicted octanol–water partition coefficient (Wildman–Crippen LogP) is 2.99. The summed E-state index contributed by atoms with van der Waals surface area (Å²) in [5.41, 5.74) is 6.42. The minimum atomic E-state index is -1.96. The SMILES string of the molecule is CC[C@H]1OC(O[Si](C)(C)C(C)(C)C)[C@H](N)C2OC(C)(C)O[C@H]21. The fourth-order valence-corrected chi connectivity index (χ4v) is 3.95. The molecule has 22 heavy (non-hydrogen) atoms. The van der Waals surface area contributed by atoms with Crippen LogP contribution in [-0.2, 0) is 18.6 Å². The smallest absolute Gasteiger partial charge is 0.195 e. The number of hydrogen-bond acceptors (Lipinski definition) is 5. The first-order valence-corrected chi connectivity index (χ1v) is 11.2. The van der Waals surface area contributed by atoms with Gasteiger partial charge in [-0.05, 0) is 38.4 Å². The van der Waals surface area contributed by atoms with Gasteiger partial charge in [0, 0.05) is 0 Å². The molecule has 130 valence electrons. The highest BCUT2D eigenvalue weighted by molar-refractivity contribution is 6.74. The third kappa shape index (κ3) is 3.42. The van der Waals surface area contributed by atoms with Crippen LogP contribution in [0.4, 0.5) is 0 Å². The molecule has 2 fully saturated rings. The third-order valence-electron chi connectivity index (χ3n) is 5.15. The molecular weight excluding hydrogens is 298 g/mol. The van der Waals surface area contributed by atoms with E-state index in [4.69, 9.17) is 24.4 Å². The van der Waals surface area contributed by atoms with Crippen molar-refractivity contribution in [1.82, 2.24) is 0 Å². The lowest BCUT2D eigenvalue weighted by atomic mass is 9.96. The maximum atomic E-state index is 6.42. The molecule has 2 aliphatic heterocycles. The zero-order chi connectivity index (χ0) is 16.9. The first-order valence-electron chi connectivity index (χ1n) is 8.32. The highest BCUT2D eigenvalue weighted by Crippen LogP contribution is 2.42. The molecule has 5 atom stereocenters. The Morgan fingerprint density at radius 1 is 1.14 bits per heavy atom. The molecule has 2 unspecified atom stereocenters. The summed E-state index contributed by atoms with van der Waals surface area (Å²) in [6.45, 7) is 17.0. The zero-order valence-corrected chi connectivity index (χ0v) is 16.3. The standard InChI is InChI=1S/C16H33NO4Si/c1-9-10-12-13(20-16(5,6)19-12)11(17)14(18-10)21-22(7,8)15(2,3)4/h10-14H,9,17H2,1-8H3/t10-,11-,12+,13?,14?/m1/s1. The summed E-state index contributed by atoms with van der Waals surface area (Å²) >= 11 is 0. The molecule has 0 aromatic carbocycles. The van der Waals surface area contributed by atoms with E-state index in [0.717, 1.165) is 6.42 Å². The summed E-state index contributed by atoms with van der Waals surface area (Å²) in [4.78, 5) is 0. The van der Waals surface area contributed by atoms with Gasteiger partial charge in [-0.1, -0.05) is 27.7 Å². The van der Waals surface area contributed by atoms with Crippen molar-refractivity contribution in [3.8, 4) is 0 Å². The van der Waals surface area contributed by atoms with E-state index in [0.29, 0.717) is 0 Å². The Bertz CT molecular complexity index is 407. The predicted molar refractivity (Wildman–Crippen MR) is 89.0 cm³/mol. The van der Waals surface area contributed by atoms with E-state index in [9.17, 15) is 0 Å². The van der Waals surface area contributed by atoms with Gasteiger partial charge in [-0.2, -0.15) is 0 Å². The topological polar surface area (TPSA) is 62.9 Å². The Balaban J connectivity index is 2.18. The minimum absolute atomic E-state index is 0.0404. The molecule has 2 rings (SSSR count). The van der Waals surface area contributed by atoms with E-state index in [2.05, 4.69) is 40.8 Å². The molecule has 5 nitrogen and oxygen atoms in total. The normalized spacial score (nSPS) is 38.9. The van der Waals surface area contributed by atoms with Gasteiger partial charge in [0.2, 0.25) is 0 Å². The van der Waals surface area contributed by atoms with Crippen molar-refractivity contribution < 1.29 is 18.6 Å². The second-order valence-corrected chi connectivity index (χ2v) is 13.2. The van der Waals surface area contributed by atoms with Crippen molar-refractivity contribution in [1.29, 1.82) is 0 Å². The quantitative estimate of drug-likeness (QED) is 0.806. The van der Waals surface area contributed by atoms with Gasteiger partial charge < -0.3 is 24.4 Å². The van der Waals surface area contributed by atoms with E-state index in [1.54, 1.807) is 0 Å². The lowest BCUT2D eigenvalue weighted by Gasteiger charge is -2.46. The Labute approximate surface area is 136 Å². The van der Waals surface area contributed by atoms with E-state index in [1.807, 2.05) is 13.8 Å². The van der Waals surface area contributed by atoms with Crippen molar-refractivity contribution in [3.63, 3.8) is 0 Å². The average Bonchev–Trinajstić information content (AvgIpc) is 2.67. The van der Waals surface area contributed by atoms with Gasteiger partial charge in [0.1, 0.15) is 12.2 Å². The van der Waals surface area contributed by atoms with Crippen LogP contribution in [0, 0.1) is 0 Å². The molecule has 2 heterocycles. The minimum Gasteiger partial charge on any atom is -0.391 e. The van der Waals surface area contributed by atoms with Crippen LogP contribution in [0.25, 0.3) is 0 Å². The largest absolute Gasteiger partial charge is 0.391 e. The van der Waals surface area contributed by atoms with Gasteiger partial charge in [-0.3, -0.25) is 0 Å². The second kappa shape index (κ2) is 5.83. The fraction of sp³-hybridized carbons (Fsp3) is 1.00. The number of rotatable bonds is 3. The van der Waals surface area contributed by atoms with Crippen molar-refractivity contribution in [2.24, 2.45) is 5.73 Å². The first kappa shape index (κ1) is 18.4. The molecule has 0 saturated carbocycles. The van der Waals surface area contributed by atoms with E-state index in [-0.39, 0.29) is 29.4 Å². The highest BCUT2D eigenvalue weighted by Gasteiger charge is 2.55. The third-order valence-corrected chi connectivity index (χ3v) is 9.59. The molecule has 0 radical (unpaired) electrons. The molecule has 0 aromatic rings. The van der Waals surface area contributed by atoms with E-state index < -0.39 is 20.4 Å². The monoisotopic (exact) mass is 331 g/mol. The first-order chi connectivity index (χ1) is 9.88. The van der Waals surface area contributed by atoms with Gasteiger partial charge in [0.05, 0.1) is 12.1 Å². The number of ether oxygens (including phenoxy) is 3. The zero-order valence-electron chi connectivity index (χ0n) is 15.3. The van der Waals surface area contributed by atoms with E-state index >= 15 is 0 Å². The Morgan fingerprint density at radius 2 is 1.68 bits per heavy atom. The molecule has 0 spiro atoms. The van der Waals surface area contributed by atoms with Gasteiger partial charge in [0.25, 0.3) is 0 Å². The molecule has 0 bridgehead atoms. The molecule has 0 aliphatic carbocycles. The summed E-state index contributed by atoms with van der Waals surface area (Å²) in [7, 11) is -1.96. The number of fused-ring (bicyclic) bond motifs is 1. The second-order valence-electron chi connectivity index (χ2n) is 8.47. The lowest BCUT2D eigenvalue weighted by molar-refractivity contribution is -0.211. The van der Waals surface area contributed by atoms with Crippen LogP contribution in [0.2, 0.25) is 18.1 Å². The lowest BCUT2D eigenvalue weighted by Crippen LogP contribution is -2.63. The molecule has 6 heteroatoms.